The predicted octanol–water partition coefficient (Wildman–Crippen LogP) is 4.50. The minimum atomic E-state index is -0.134. The second-order valence-electron chi connectivity index (χ2n) is 5.50. The highest BCUT2D eigenvalue weighted by molar-refractivity contribution is 6.43. The normalized spacial score (nSPS) is 11.9. The van der Waals surface area contributed by atoms with E-state index in [9.17, 15) is 0 Å². The number of nitrogens with two attached hydrogens (primary N) is 1. The zero-order valence-corrected chi connectivity index (χ0v) is 13.0. The molecule has 102 valence electrons. The van der Waals surface area contributed by atoms with Crippen molar-refractivity contribution in [2.45, 2.75) is 33.2 Å². The summed E-state index contributed by atoms with van der Waals surface area (Å²) in [6.07, 6.45) is 0. The first-order valence-corrected chi connectivity index (χ1v) is 6.78. The Morgan fingerprint density at radius 2 is 1.84 bits per heavy atom. The van der Waals surface area contributed by atoms with Crippen LogP contribution in [0, 0.1) is 6.92 Å². The highest BCUT2D eigenvalue weighted by Crippen LogP contribution is 2.37. The van der Waals surface area contributed by atoms with E-state index < -0.39 is 0 Å². The lowest BCUT2D eigenvalue weighted by Crippen LogP contribution is -2.24. The topological polar surface area (TPSA) is 43.8 Å². The monoisotopic (exact) mass is 297 g/mol. The average molecular weight is 298 g/mol. The van der Waals surface area contributed by atoms with Crippen molar-refractivity contribution in [2.24, 2.45) is 0 Å². The summed E-state index contributed by atoms with van der Waals surface area (Å²) >= 11 is 12.3. The molecule has 0 aliphatic rings. The van der Waals surface area contributed by atoms with Crippen molar-refractivity contribution >= 4 is 29.0 Å². The molecular formula is C14H17Cl2N3. The van der Waals surface area contributed by atoms with Gasteiger partial charge in [-0.15, -0.1) is 0 Å². The van der Waals surface area contributed by atoms with Crippen LogP contribution in [-0.2, 0) is 5.54 Å². The Kier molecular flexibility index (Phi) is 3.54. The maximum absolute atomic E-state index is 6.24. The van der Waals surface area contributed by atoms with Crippen LogP contribution in [0.3, 0.4) is 0 Å². The first-order valence-electron chi connectivity index (χ1n) is 6.03. The summed E-state index contributed by atoms with van der Waals surface area (Å²) < 4.78 is 2.00. The Bertz CT molecular complexity index is 624. The average Bonchev–Trinajstić information content (AvgIpc) is 2.57. The van der Waals surface area contributed by atoms with Crippen molar-refractivity contribution < 1.29 is 0 Å². The molecule has 0 amide bonds. The molecule has 3 nitrogen and oxygen atoms in total. The molecule has 1 aromatic carbocycles. The van der Waals surface area contributed by atoms with E-state index in [0.29, 0.717) is 21.6 Å². The number of anilines is 1. The Morgan fingerprint density at radius 1 is 1.21 bits per heavy atom. The van der Waals surface area contributed by atoms with Crippen molar-refractivity contribution in [3.8, 4) is 11.3 Å². The van der Waals surface area contributed by atoms with Gasteiger partial charge >= 0.3 is 0 Å². The molecule has 0 fully saturated rings. The van der Waals surface area contributed by atoms with Gasteiger partial charge in [-0.1, -0.05) is 35.3 Å². The molecule has 0 saturated heterocycles. The number of imidazole rings is 1. The molecule has 0 spiro atoms. The molecule has 0 bridgehead atoms. The van der Waals surface area contributed by atoms with Crippen molar-refractivity contribution in [1.82, 2.24) is 9.55 Å². The van der Waals surface area contributed by atoms with Gasteiger partial charge in [0.05, 0.1) is 10.0 Å². The summed E-state index contributed by atoms with van der Waals surface area (Å²) in [4.78, 5) is 4.54. The summed E-state index contributed by atoms with van der Waals surface area (Å²) in [5, 5.41) is 0.982. The fraction of sp³-hybridized carbons (Fsp3) is 0.357. The van der Waals surface area contributed by atoms with E-state index in [2.05, 4.69) is 25.8 Å². The summed E-state index contributed by atoms with van der Waals surface area (Å²) in [6.45, 7) is 8.19. The first-order chi connectivity index (χ1) is 8.73. The third-order valence-electron chi connectivity index (χ3n) is 2.96. The van der Waals surface area contributed by atoms with Crippen LogP contribution >= 0.6 is 23.2 Å². The van der Waals surface area contributed by atoms with Crippen LogP contribution in [0.4, 0.5) is 5.82 Å². The van der Waals surface area contributed by atoms with E-state index in [4.69, 9.17) is 28.9 Å². The fourth-order valence-corrected chi connectivity index (χ4v) is 2.67. The molecule has 1 aromatic heterocycles. The molecule has 2 rings (SSSR count). The summed E-state index contributed by atoms with van der Waals surface area (Å²) in [5.74, 6) is 1.46. The third kappa shape index (κ3) is 2.45. The smallest absolute Gasteiger partial charge is 0.132 e. The summed E-state index contributed by atoms with van der Waals surface area (Å²) in [5.41, 5.74) is 7.55. The lowest BCUT2D eigenvalue weighted by Gasteiger charge is -2.24. The van der Waals surface area contributed by atoms with E-state index in [0.717, 1.165) is 11.4 Å². The van der Waals surface area contributed by atoms with Gasteiger partial charge in [-0.05, 0) is 33.8 Å². The number of rotatable bonds is 1. The number of benzene rings is 1. The molecule has 2 aromatic rings. The predicted molar refractivity (Wildman–Crippen MR) is 81.8 cm³/mol. The van der Waals surface area contributed by atoms with Crippen molar-refractivity contribution in [3.05, 3.63) is 34.1 Å². The van der Waals surface area contributed by atoms with Gasteiger partial charge in [0, 0.05) is 11.1 Å². The Balaban J connectivity index is 2.69. The van der Waals surface area contributed by atoms with Crippen molar-refractivity contribution in [1.29, 1.82) is 0 Å². The second-order valence-corrected chi connectivity index (χ2v) is 6.29. The van der Waals surface area contributed by atoms with Crippen LogP contribution in [0.2, 0.25) is 10.0 Å². The van der Waals surface area contributed by atoms with Gasteiger partial charge in [0.2, 0.25) is 0 Å². The Labute approximate surface area is 123 Å². The standard InChI is InChI=1S/C14H17Cl2N3/c1-8-18-12(13(17)19(8)14(2,3)4)9-6-5-7-10(15)11(9)16/h5-7H,17H2,1-4H3. The van der Waals surface area contributed by atoms with Crippen molar-refractivity contribution in [3.63, 3.8) is 0 Å². The summed E-state index contributed by atoms with van der Waals surface area (Å²) in [7, 11) is 0. The zero-order valence-electron chi connectivity index (χ0n) is 11.5. The minimum absolute atomic E-state index is 0.134. The molecule has 0 radical (unpaired) electrons. The number of aromatic nitrogens is 2. The molecule has 2 N–H and O–H groups in total. The van der Waals surface area contributed by atoms with E-state index in [1.165, 1.54) is 0 Å². The van der Waals surface area contributed by atoms with Gasteiger partial charge in [0.1, 0.15) is 17.3 Å². The summed E-state index contributed by atoms with van der Waals surface area (Å²) in [6, 6.07) is 5.46. The van der Waals surface area contributed by atoms with Crippen LogP contribution in [-0.4, -0.2) is 9.55 Å². The van der Waals surface area contributed by atoms with Gasteiger partial charge in [0.15, 0.2) is 0 Å². The van der Waals surface area contributed by atoms with Crippen LogP contribution in [0.25, 0.3) is 11.3 Å². The molecular weight excluding hydrogens is 281 g/mol. The number of halogens is 2. The quantitative estimate of drug-likeness (QED) is 0.842. The highest BCUT2D eigenvalue weighted by Gasteiger charge is 2.23. The molecule has 0 aliphatic carbocycles. The molecule has 0 atom stereocenters. The SMILES string of the molecule is Cc1nc(-c2cccc(Cl)c2Cl)c(N)n1C(C)(C)C. The minimum Gasteiger partial charge on any atom is -0.383 e. The van der Waals surface area contributed by atoms with Gasteiger partial charge < -0.3 is 10.3 Å². The van der Waals surface area contributed by atoms with Gasteiger partial charge in [-0.25, -0.2) is 4.98 Å². The lowest BCUT2D eigenvalue weighted by atomic mass is 10.1. The second kappa shape index (κ2) is 4.73. The molecule has 1 heterocycles. The molecule has 0 saturated carbocycles. The number of nitrogen functional groups attached to an aromatic ring is 1. The number of aryl methyl sites for hydroxylation is 1. The maximum Gasteiger partial charge on any atom is 0.132 e. The molecule has 0 unspecified atom stereocenters. The molecule has 5 heteroatoms. The van der Waals surface area contributed by atoms with E-state index >= 15 is 0 Å². The van der Waals surface area contributed by atoms with E-state index in [1.807, 2.05) is 23.6 Å². The third-order valence-corrected chi connectivity index (χ3v) is 3.78. The number of hydrogen-bond acceptors (Lipinski definition) is 2. The largest absolute Gasteiger partial charge is 0.383 e. The molecule has 19 heavy (non-hydrogen) atoms. The zero-order chi connectivity index (χ0) is 14.4. The lowest BCUT2D eigenvalue weighted by molar-refractivity contribution is 0.393. The number of nitrogens with zero attached hydrogens (tertiary/aromatic N) is 2. The van der Waals surface area contributed by atoms with Crippen LogP contribution in [0.1, 0.15) is 26.6 Å². The van der Waals surface area contributed by atoms with E-state index in [-0.39, 0.29) is 5.54 Å². The highest BCUT2D eigenvalue weighted by atomic mass is 35.5. The van der Waals surface area contributed by atoms with Crippen molar-refractivity contribution in [2.75, 3.05) is 5.73 Å². The van der Waals surface area contributed by atoms with Gasteiger partial charge in [-0.2, -0.15) is 0 Å². The molecule has 0 aliphatic heterocycles. The van der Waals surface area contributed by atoms with E-state index in [1.54, 1.807) is 6.07 Å². The fourth-order valence-electron chi connectivity index (χ4n) is 2.28. The number of hydrogen-bond donors (Lipinski definition) is 1. The Morgan fingerprint density at radius 3 is 2.37 bits per heavy atom. The Hall–Kier alpha value is -1.19. The van der Waals surface area contributed by atoms with Crippen LogP contribution in [0.5, 0.6) is 0 Å². The van der Waals surface area contributed by atoms with Gasteiger partial charge in [0.25, 0.3) is 0 Å². The van der Waals surface area contributed by atoms with Crippen LogP contribution in [0.15, 0.2) is 18.2 Å². The first kappa shape index (κ1) is 14.2. The van der Waals surface area contributed by atoms with Crippen LogP contribution < -0.4 is 5.73 Å². The maximum atomic E-state index is 6.24. The van der Waals surface area contributed by atoms with Gasteiger partial charge in [-0.3, -0.25) is 0 Å².